The van der Waals surface area contributed by atoms with Crippen LogP contribution in [0.15, 0.2) is 28.7 Å². The van der Waals surface area contributed by atoms with Gasteiger partial charge in [-0.3, -0.25) is 9.59 Å². The molecule has 0 saturated carbocycles. The largest absolute Gasteiger partial charge is 0.481 e. The number of nitrogens with one attached hydrogen (secondary N) is 1. The summed E-state index contributed by atoms with van der Waals surface area (Å²) in [6, 6.07) is 5.94. The van der Waals surface area contributed by atoms with Gasteiger partial charge < -0.3 is 10.4 Å². The van der Waals surface area contributed by atoms with Crippen molar-refractivity contribution in [1.29, 1.82) is 0 Å². The quantitative estimate of drug-likeness (QED) is 0.554. The van der Waals surface area contributed by atoms with Crippen LogP contribution in [0.25, 0.3) is 6.08 Å². The van der Waals surface area contributed by atoms with Crippen LogP contribution in [0.1, 0.15) is 36.8 Å². The molecule has 0 radical (unpaired) electrons. The van der Waals surface area contributed by atoms with Crippen LogP contribution in [0, 0.1) is 6.92 Å². The zero-order valence-electron chi connectivity index (χ0n) is 12.1. The van der Waals surface area contributed by atoms with Crippen molar-refractivity contribution in [3.63, 3.8) is 0 Å². The molecular formula is C16H20BrNO3. The van der Waals surface area contributed by atoms with Crippen LogP contribution in [-0.4, -0.2) is 23.5 Å². The number of hydrogen-bond donors (Lipinski definition) is 2. The number of rotatable bonds is 8. The van der Waals surface area contributed by atoms with Gasteiger partial charge in [0.25, 0.3) is 0 Å². The highest BCUT2D eigenvalue weighted by Crippen LogP contribution is 2.19. The van der Waals surface area contributed by atoms with Gasteiger partial charge in [-0.2, -0.15) is 0 Å². The lowest BCUT2D eigenvalue weighted by molar-refractivity contribution is -0.137. The number of benzene rings is 1. The lowest BCUT2D eigenvalue weighted by Crippen LogP contribution is -2.22. The Morgan fingerprint density at radius 2 is 2.05 bits per heavy atom. The van der Waals surface area contributed by atoms with Gasteiger partial charge in [0.2, 0.25) is 5.91 Å². The van der Waals surface area contributed by atoms with Crippen molar-refractivity contribution >= 4 is 33.9 Å². The van der Waals surface area contributed by atoms with Crippen molar-refractivity contribution in [2.24, 2.45) is 0 Å². The van der Waals surface area contributed by atoms with Gasteiger partial charge in [0, 0.05) is 23.5 Å². The maximum Gasteiger partial charge on any atom is 0.303 e. The van der Waals surface area contributed by atoms with Crippen LogP contribution in [0.2, 0.25) is 0 Å². The first kappa shape index (κ1) is 17.4. The SMILES string of the molecule is Cc1ccc(/C=C/C(=O)NCCCCCC(=O)O)c(Br)c1. The fourth-order valence-electron chi connectivity index (χ4n) is 1.78. The molecule has 0 saturated heterocycles. The highest BCUT2D eigenvalue weighted by atomic mass is 79.9. The number of hydrogen-bond acceptors (Lipinski definition) is 2. The van der Waals surface area contributed by atoms with E-state index in [-0.39, 0.29) is 12.3 Å². The summed E-state index contributed by atoms with van der Waals surface area (Å²) < 4.78 is 0.959. The Kier molecular flexibility index (Phi) is 7.75. The van der Waals surface area contributed by atoms with Crippen LogP contribution in [0.4, 0.5) is 0 Å². The molecule has 4 nitrogen and oxygen atoms in total. The summed E-state index contributed by atoms with van der Waals surface area (Å²) in [6.07, 6.45) is 5.71. The number of carboxylic acids is 1. The number of aryl methyl sites for hydroxylation is 1. The zero-order chi connectivity index (χ0) is 15.7. The van der Waals surface area contributed by atoms with Crippen LogP contribution in [0.3, 0.4) is 0 Å². The van der Waals surface area contributed by atoms with E-state index in [1.807, 2.05) is 25.1 Å². The fraction of sp³-hybridized carbons (Fsp3) is 0.375. The van der Waals surface area contributed by atoms with E-state index in [1.54, 1.807) is 6.08 Å². The maximum absolute atomic E-state index is 11.6. The second-order valence-corrected chi connectivity index (χ2v) is 5.71. The summed E-state index contributed by atoms with van der Waals surface area (Å²) in [5.74, 6) is -0.911. The molecule has 0 aliphatic rings. The van der Waals surface area contributed by atoms with E-state index >= 15 is 0 Å². The van der Waals surface area contributed by atoms with Crippen LogP contribution < -0.4 is 5.32 Å². The molecule has 0 spiro atoms. The van der Waals surface area contributed by atoms with E-state index in [9.17, 15) is 9.59 Å². The van der Waals surface area contributed by atoms with Crippen molar-refractivity contribution in [2.45, 2.75) is 32.6 Å². The number of carbonyl (C=O) groups excluding carboxylic acids is 1. The molecule has 0 heterocycles. The number of amides is 1. The lowest BCUT2D eigenvalue weighted by Gasteiger charge is -2.02. The molecule has 2 N–H and O–H groups in total. The van der Waals surface area contributed by atoms with E-state index < -0.39 is 5.97 Å². The summed E-state index contributed by atoms with van der Waals surface area (Å²) in [6.45, 7) is 2.58. The minimum atomic E-state index is -0.773. The van der Waals surface area contributed by atoms with Crippen molar-refractivity contribution in [3.05, 3.63) is 39.9 Å². The third-order valence-electron chi connectivity index (χ3n) is 2.94. The van der Waals surface area contributed by atoms with Crippen molar-refractivity contribution in [1.82, 2.24) is 5.32 Å². The highest BCUT2D eigenvalue weighted by Gasteiger charge is 1.99. The first-order valence-corrected chi connectivity index (χ1v) is 7.72. The standard InChI is InChI=1S/C16H20BrNO3/c1-12-6-7-13(14(17)11-12)8-9-15(19)18-10-4-2-3-5-16(20)21/h6-9,11H,2-5,10H2,1H3,(H,18,19)(H,20,21)/b9-8+. The molecular weight excluding hydrogens is 334 g/mol. The molecule has 0 atom stereocenters. The predicted molar refractivity (Wildman–Crippen MR) is 87.0 cm³/mol. The molecule has 21 heavy (non-hydrogen) atoms. The molecule has 0 aliphatic heterocycles. The summed E-state index contributed by atoms with van der Waals surface area (Å²) in [5, 5.41) is 11.3. The van der Waals surface area contributed by atoms with E-state index in [0.717, 1.165) is 28.4 Å². The van der Waals surface area contributed by atoms with Gasteiger partial charge in [-0.15, -0.1) is 0 Å². The molecule has 0 unspecified atom stereocenters. The van der Waals surface area contributed by atoms with Crippen LogP contribution in [-0.2, 0) is 9.59 Å². The Balaban J connectivity index is 2.27. The summed E-state index contributed by atoms with van der Waals surface area (Å²) in [7, 11) is 0. The molecule has 1 amide bonds. The normalized spacial score (nSPS) is 10.8. The van der Waals surface area contributed by atoms with E-state index in [0.29, 0.717) is 13.0 Å². The van der Waals surface area contributed by atoms with Gasteiger partial charge in [-0.25, -0.2) is 0 Å². The van der Waals surface area contributed by atoms with Gasteiger partial charge in [0.15, 0.2) is 0 Å². The Bertz CT molecular complexity index is 526. The molecule has 1 rings (SSSR count). The Labute approximate surface area is 133 Å². The molecule has 0 fully saturated rings. The summed E-state index contributed by atoms with van der Waals surface area (Å²) in [5.41, 5.74) is 2.11. The third kappa shape index (κ3) is 7.66. The number of aliphatic carboxylic acids is 1. The predicted octanol–water partition coefficient (Wildman–Crippen LogP) is 3.53. The van der Waals surface area contributed by atoms with Gasteiger partial charge in [-0.05, 0) is 43.0 Å². The maximum atomic E-state index is 11.6. The minimum absolute atomic E-state index is 0.138. The monoisotopic (exact) mass is 353 g/mol. The van der Waals surface area contributed by atoms with Gasteiger partial charge in [0.1, 0.15) is 0 Å². The number of carboxylic acid groups (broad SMARTS) is 1. The van der Waals surface area contributed by atoms with Gasteiger partial charge in [0.05, 0.1) is 0 Å². The Morgan fingerprint density at radius 3 is 2.71 bits per heavy atom. The van der Waals surface area contributed by atoms with Crippen molar-refractivity contribution in [2.75, 3.05) is 6.54 Å². The molecule has 0 aromatic heterocycles. The second-order valence-electron chi connectivity index (χ2n) is 4.85. The average molecular weight is 354 g/mol. The van der Waals surface area contributed by atoms with E-state index in [1.165, 1.54) is 6.08 Å². The number of carbonyl (C=O) groups is 2. The minimum Gasteiger partial charge on any atom is -0.481 e. The van der Waals surface area contributed by atoms with Crippen molar-refractivity contribution in [3.8, 4) is 0 Å². The lowest BCUT2D eigenvalue weighted by atomic mass is 10.1. The molecule has 0 bridgehead atoms. The van der Waals surface area contributed by atoms with Gasteiger partial charge in [-0.1, -0.05) is 34.5 Å². The van der Waals surface area contributed by atoms with Gasteiger partial charge >= 0.3 is 5.97 Å². The number of halogens is 1. The fourth-order valence-corrected chi connectivity index (χ4v) is 2.41. The molecule has 1 aromatic carbocycles. The third-order valence-corrected chi connectivity index (χ3v) is 3.62. The average Bonchev–Trinajstić information content (AvgIpc) is 2.41. The molecule has 1 aromatic rings. The topological polar surface area (TPSA) is 66.4 Å². The zero-order valence-corrected chi connectivity index (χ0v) is 13.6. The van der Waals surface area contributed by atoms with Crippen LogP contribution >= 0.6 is 15.9 Å². The Morgan fingerprint density at radius 1 is 1.29 bits per heavy atom. The first-order chi connectivity index (χ1) is 9.99. The van der Waals surface area contributed by atoms with Crippen LogP contribution in [0.5, 0.6) is 0 Å². The summed E-state index contributed by atoms with van der Waals surface area (Å²) in [4.78, 5) is 22.0. The molecule has 0 aliphatic carbocycles. The first-order valence-electron chi connectivity index (χ1n) is 6.93. The number of unbranched alkanes of at least 4 members (excludes halogenated alkanes) is 2. The second kappa shape index (κ2) is 9.34. The summed E-state index contributed by atoms with van der Waals surface area (Å²) >= 11 is 3.46. The van der Waals surface area contributed by atoms with Crippen molar-refractivity contribution < 1.29 is 14.7 Å². The molecule has 114 valence electrons. The highest BCUT2D eigenvalue weighted by molar-refractivity contribution is 9.10. The smallest absolute Gasteiger partial charge is 0.303 e. The Hall–Kier alpha value is -1.62. The molecule has 5 heteroatoms. The van der Waals surface area contributed by atoms with E-state index in [4.69, 9.17) is 5.11 Å². The van der Waals surface area contributed by atoms with E-state index in [2.05, 4.69) is 21.2 Å².